The molecule has 0 aliphatic heterocycles. The van der Waals surface area contributed by atoms with Crippen LogP contribution in [0.5, 0.6) is 0 Å². The molecule has 170 valence electrons. The zero-order valence-corrected chi connectivity index (χ0v) is 18.6. The second kappa shape index (κ2) is 10.4. The highest BCUT2D eigenvalue weighted by atomic mass is 32.2. The molecule has 0 saturated heterocycles. The van der Waals surface area contributed by atoms with Crippen LogP contribution in [-0.2, 0) is 17.1 Å². The highest BCUT2D eigenvalue weighted by Gasteiger charge is 2.14. The van der Waals surface area contributed by atoms with E-state index in [-0.39, 0.29) is 17.3 Å². The molecule has 4 rings (SSSR count). The van der Waals surface area contributed by atoms with Gasteiger partial charge in [-0.05, 0) is 49.2 Å². The molecule has 10 heteroatoms. The Morgan fingerprint density at radius 3 is 2.64 bits per heavy atom. The minimum Gasteiger partial charge on any atom is -0.370 e. The Kier molecular flexibility index (Phi) is 7.13. The summed E-state index contributed by atoms with van der Waals surface area (Å²) >= 11 is 1.34. The normalized spacial score (nSPS) is 11.2. The number of primary amides is 1. The van der Waals surface area contributed by atoms with Crippen LogP contribution in [0.4, 0.5) is 4.39 Å². The number of aromatic nitrogens is 4. The summed E-state index contributed by atoms with van der Waals surface area (Å²) in [6, 6.07) is 13.0. The largest absolute Gasteiger partial charge is 0.370 e. The average molecular weight is 468 g/mol. The van der Waals surface area contributed by atoms with Crippen LogP contribution in [0, 0.1) is 5.82 Å². The van der Waals surface area contributed by atoms with Crippen LogP contribution in [-0.4, -0.2) is 25.6 Å². The van der Waals surface area contributed by atoms with Crippen molar-refractivity contribution in [2.24, 2.45) is 5.73 Å². The fourth-order valence-electron chi connectivity index (χ4n) is 3.35. The summed E-state index contributed by atoms with van der Waals surface area (Å²) in [6.07, 6.45) is 2.51. The lowest BCUT2D eigenvalue weighted by Gasteiger charge is -2.12. The Morgan fingerprint density at radius 2 is 1.85 bits per heavy atom. The van der Waals surface area contributed by atoms with Crippen molar-refractivity contribution < 1.29 is 13.7 Å². The van der Waals surface area contributed by atoms with E-state index >= 15 is 0 Å². The maximum atomic E-state index is 13.1. The van der Waals surface area contributed by atoms with Gasteiger partial charge in [0.05, 0.1) is 16.7 Å². The Bertz CT molecular complexity index is 1320. The topological polar surface area (TPSA) is 117 Å². The zero-order valence-electron chi connectivity index (χ0n) is 17.7. The van der Waals surface area contributed by atoms with Gasteiger partial charge < -0.3 is 10.3 Å². The third-order valence-corrected chi connectivity index (χ3v) is 5.99. The molecule has 2 N–H and O–H groups in total. The second-order valence-corrected chi connectivity index (χ2v) is 8.40. The van der Waals surface area contributed by atoms with E-state index in [1.807, 2.05) is 12.1 Å². The van der Waals surface area contributed by atoms with Crippen molar-refractivity contribution in [3.8, 4) is 11.5 Å². The predicted octanol–water partition coefficient (Wildman–Crippen LogP) is 3.92. The summed E-state index contributed by atoms with van der Waals surface area (Å²) in [4.78, 5) is 33.1. The molecule has 0 fully saturated rings. The van der Waals surface area contributed by atoms with E-state index in [4.69, 9.17) is 10.3 Å². The van der Waals surface area contributed by atoms with Gasteiger partial charge in [0.1, 0.15) is 5.82 Å². The maximum absolute atomic E-state index is 13.1. The van der Waals surface area contributed by atoms with Crippen LogP contribution in [0.1, 0.15) is 31.5 Å². The molecule has 0 atom stereocenters. The van der Waals surface area contributed by atoms with Gasteiger partial charge in [0.2, 0.25) is 5.91 Å². The molecule has 0 aliphatic carbocycles. The summed E-state index contributed by atoms with van der Waals surface area (Å²) in [5.41, 5.74) is 6.32. The average Bonchev–Trinajstić information content (AvgIpc) is 3.28. The number of carbonyl (C=O) groups is 1. The lowest BCUT2D eigenvalue weighted by molar-refractivity contribution is -0.118. The summed E-state index contributed by atoms with van der Waals surface area (Å²) < 4.78 is 20.1. The highest BCUT2D eigenvalue weighted by molar-refractivity contribution is 7.98. The van der Waals surface area contributed by atoms with E-state index in [0.717, 1.165) is 12.8 Å². The van der Waals surface area contributed by atoms with Gasteiger partial charge in [0.15, 0.2) is 11.0 Å². The smallest absolute Gasteiger partial charge is 0.262 e. The van der Waals surface area contributed by atoms with Gasteiger partial charge in [-0.3, -0.25) is 14.2 Å². The number of para-hydroxylation sites is 1. The maximum Gasteiger partial charge on any atom is 0.262 e. The number of nitrogens with zero attached hydrogens (tertiary/aromatic N) is 4. The van der Waals surface area contributed by atoms with E-state index < -0.39 is 0 Å². The zero-order chi connectivity index (χ0) is 23.2. The van der Waals surface area contributed by atoms with Gasteiger partial charge >= 0.3 is 0 Å². The Balaban J connectivity index is 1.52. The molecular formula is C23H22FN5O3S. The molecule has 4 aromatic rings. The SMILES string of the molecule is NC(=O)CCCCCn1c(SCc2noc(-c3ccc(F)cc3)n2)nc2ccccc2c1=O. The standard InChI is InChI=1S/C23H22FN5O3S/c24-16-11-9-15(10-12-16)21-27-20(28-32-21)14-33-23-26-18-7-4-3-6-17(18)22(31)29(23)13-5-1-2-8-19(25)30/h3-4,6-7,9-12H,1-2,5,8,13-14H2,(H2,25,30). The molecule has 0 spiro atoms. The molecule has 33 heavy (non-hydrogen) atoms. The lowest BCUT2D eigenvalue weighted by atomic mass is 10.2. The van der Waals surface area contributed by atoms with Crippen molar-refractivity contribution in [3.05, 3.63) is 70.5 Å². The number of hydrogen-bond donors (Lipinski definition) is 1. The number of hydrogen-bond acceptors (Lipinski definition) is 7. The van der Waals surface area contributed by atoms with Crippen LogP contribution in [0.2, 0.25) is 0 Å². The van der Waals surface area contributed by atoms with Crippen LogP contribution in [0.3, 0.4) is 0 Å². The number of halogens is 1. The molecule has 0 bridgehead atoms. The first kappa shape index (κ1) is 22.7. The number of carbonyl (C=O) groups excluding carboxylic acids is 1. The molecule has 2 aromatic carbocycles. The first-order chi connectivity index (χ1) is 16.0. The first-order valence-corrected chi connectivity index (χ1v) is 11.5. The summed E-state index contributed by atoms with van der Waals surface area (Å²) in [6.45, 7) is 0.477. The molecule has 0 radical (unpaired) electrons. The summed E-state index contributed by atoms with van der Waals surface area (Å²) in [7, 11) is 0. The summed E-state index contributed by atoms with van der Waals surface area (Å²) in [5.74, 6) is 0.413. The van der Waals surface area contributed by atoms with Crippen molar-refractivity contribution in [1.29, 1.82) is 0 Å². The van der Waals surface area contributed by atoms with E-state index in [1.54, 1.807) is 28.8 Å². The summed E-state index contributed by atoms with van der Waals surface area (Å²) in [5, 5.41) is 5.10. The van der Waals surface area contributed by atoms with Crippen molar-refractivity contribution in [2.75, 3.05) is 0 Å². The lowest BCUT2D eigenvalue weighted by Crippen LogP contribution is -2.23. The molecule has 0 unspecified atom stereocenters. The molecule has 1 amide bonds. The second-order valence-electron chi connectivity index (χ2n) is 7.46. The monoisotopic (exact) mass is 467 g/mol. The van der Waals surface area contributed by atoms with Gasteiger partial charge in [-0.1, -0.05) is 35.5 Å². The first-order valence-electron chi connectivity index (χ1n) is 10.5. The number of rotatable bonds is 10. The molecule has 8 nitrogen and oxygen atoms in total. The number of thioether (sulfide) groups is 1. The molecule has 2 heterocycles. The van der Waals surface area contributed by atoms with E-state index in [2.05, 4.69) is 15.1 Å². The van der Waals surface area contributed by atoms with Crippen molar-refractivity contribution in [2.45, 2.75) is 43.1 Å². The minimum absolute atomic E-state index is 0.113. The number of nitrogens with two attached hydrogens (primary N) is 1. The predicted molar refractivity (Wildman–Crippen MR) is 123 cm³/mol. The van der Waals surface area contributed by atoms with Gasteiger partial charge in [-0.2, -0.15) is 4.98 Å². The quantitative estimate of drug-likeness (QED) is 0.213. The Hall–Kier alpha value is -3.53. The van der Waals surface area contributed by atoms with Crippen LogP contribution < -0.4 is 11.3 Å². The molecular weight excluding hydrogens is 445 g/mol. The molecule has 0 saturated carbocycles. The van der Waals surface area contributed by atoms with E-state index in [0.29, 0.717) is 58.5 Å². The number of amides is 1. The fraction of sp³-hybridized carbons (Fsp3) is 0.261. The highest BCUT2D eigenvalue weighted by Crippen LogP contribution is 2.24. The van der Waals surface area contributed by atoms with Crippen molar-refractivity contribution in [1.82, 2.24) is 19.7 Å². The van der Waals surface area contributed by atoms with Crippen LogP contribution in [0.25, 0.3) is 22.4 Å². The number of benzene rings is 2. The third-order valence-electron chi connectivity index (χ3n) is 5.02. The molecule has 0 aliphatic rings. The van der Waals surface area contributed by atoms with Gasteiger partial charge in [0.25, 0.3) is 11.4 Å². The Labute approximate surface area is 193 Å². The van der Waals surface area contributed by atoms with Gasteiger partial charge in [-0.25, -0.2) is 9.37 Å². The number of unbranched alkanes of at least 4 members (excludes halogenated alkanes) is 2. The van der Waals surface area contributed by atoms with Crippen LogP contribution in [0.15, 0.2) is 63.0 Å². The minimum atomic E-state index is -0.343. The van der Waals surface area contributed by atoms with Crippen LogP contribution >= 0.6 is 11.8 Å². The van der Waals surface area contributed by atoms with Gasteiger partial charge in [0, 0.05) is 18.5 Å². The van der Waals surface area contributed by atoms with E-state index in [1.165, 1.54) is 23.9 Å². The van der Waals surface area contributed by atoms with Crippen molar-refractivity contribution >= 4 is 28.6 Å². The van der Waals surface area contributed by atoms with Gasteiger partial charge in [-0.15, -0.1) is 0 Å². The third kappa shape index (κ3) is 5.64. The number of fused-ring (bicyclic) bond motifs is 1. The Morgan fingerprint density at radius 1 is 1.06 bits per heavy atom. The van der Waals surface area contributed by atoms with Crippen molar-refractivity contribution in [3.63, 3.8) is 0 Å². The molecule has 2 aromatic heterocycles. The fourth-order valence-corrected chi connectivity index (χ4v) is 4.22. The van der Waals surface area contributed by atoms with E-state index in [9.17, 15) is 14.0 Å².